The second-order valence-electron chi connectivity index (χ2n) is 10.3. The Labute approximate surface area is 247 Å². The number of nitrogens with one attached hydrogen (secondary N) is 1. The maximum absolute atomic E-state index is 14.2. The third-order valence-electron chi connectivity index (χ3n) is 7.29. The first-order valence-electron chi connectivity index (χ1n) is 13.6. The fourth-order valence-corrected chi connectivity index (χ4v) is 6.15. The fourth-order valence-electron chi connectivity index (χ4n) is 5.11. The number of halogens is 1. The molecule has 4 rings (SSSR count). The van der Waals surface area contributed by atoms with Crippen LogP contribution in [0.4, 0.5) is 5.69 Å². The van der Waals surface area contributed by atoms with E-state index in [1.807, 2.05) is 36.4 Å². The van der Waals surface area contributed by atoms with Crippen molar-refractivity contribution in [2.24, 2.45) is 0 Å². The molecule has 0 aliphatic heterocycles. The molecular formula is C31H36ClN3O5S. The maximum Gasteiger partial charge on any atom is 0.244 e. The average Bonchev–Trinajstić information content (AvgIpc) is 3.47. The van der Waals surface area contributed by atoms with Crippen LogP contribution in [0.2, 0.25) is 5.02 Å². The Balaban J connectivity index is 1.73. The number of nitrogens with zero attached hydrogens (tertiary/aromatic N) is 2. The van der Waals surface area contributed by atoms with Crippen molar-refractivity contribution in [3.63, 3.8) is 0 Å². The summed E-state index contributed by atoms with van der Waals surface area (Å²) in [7, 11) is -2.39. The first-order chi connectivity index (χ1) is 19.7. The van der Waals surface area contributed by atoms with Gasteiger partial charge in [-0.15, -0.1) is 0 Å². The summed E-state index contributed by atoms with van der Waals surface area (Å²) in [5, 5.41) is 3.60. The minimum atomic E-state index is -3.87. The van der Waals surface area contributed by atoms with Gasteiger partial charge in [0.05, 0.1) is 19.1 Å². The van der Waals surface area contributed by atoms with Gasteiger partial charge in [0.2, 0.25) is 21.8 Å². The lowest BCUT2D eigenvalue weighted by molar-refractivity contribution is -0.140. The van der Waals surface area contributed by atoms with E-state index in [-0.39, 0.29) is 30.6 Å². The quantitative estimate of drug-likeness (QED) is 0.323. The summed E-state index contributed by atoms with van der Waals surface area (Å²) in [6.45, 7) is -0.470. The van der Waals surface area contributed by atoms with Crippen LogP contribution in [0, 0.1) is 0 Å². The molecule has 218 valence electrons. The van der Waals surface area contributed by atoms with E-state index in [2.05, 4.69) is 5.32 Å². The molecular weight excluding hydrogens is 562 g/mol. The van der Waals surface area contributed by atoms with Crippen LogP contribution >= 0.6 is 11.6 Å². The van der Waals surface area contributed by atoms with Gasteiger partial charge >= 0.3 is 0 Å². The molecule has 0 radical (unpaired) electrons. The highest BCUT2D eigenvalue weighted by Gasteiger charge is 2.34. The van der Waals surface area contributed by atoms with Crippen LogP contribution < -0.4 is 14.4 Å². The van der Waals surface area contributed by atoms with Crippen LogP contribution in [-0.2, 0) is 32.6 Å². The minimum absolute atomic E-state index is 0.0316. The van der Waals surface area contributed by atoms with Crippen LogP contribution in [0.15, 0.2) is 78.9 Å². The van der Waals surface area contributed by atoms with Gasteiger partial charge in [-0.2, -0.15) is 0 Å². The zero-order valence-corrected chi connectivity index (χ0v) is 24.9. The van der Waals surface area contributed by atoms with Crippen molar-refractivity contribution < 1.29 is 22.7 Å². The summed E-state index contributed by atoms with van der Waals surface area (Å²) in [6.07, 6.45) is 5.17. The second kappa shape index (κ2) is 13.9. The number of hydrogen-bond acceptors (Lipinski definition) is 5. The van der Waals surface area contributed by atoms with Crippen LogP contribution in [0.3, 0.4) is 0 Å². The summed E-state index contributed by atoms with van der Waals surface area (Å²) in [6, 6.07) is 22.3. The van der Waals surface area contributed by atoms with E-state index in [9.17, 15) is 18.0 Å². The zero-order chi connectivity index (χ0) is 29.4. The van der Waals surface area contributed by atoms with Gasteiger partial charge in [-0.25, -0.2) is 8.42 Å². The second-order valence-corrected chi connectivity index (χ2v) is 12.6. The van der Waals surface area contributed by atoms with E-state index in [4.69, 9.17) is 16.3 Å². The van der Waals surface area contributed by atoms with E-state index in [0.717, 1.165) is 41.8 Å². The van der Waals surface area contributed by atoms with E-state index < -0.39 is 28.5 Å². The number of anilines is 1. The molecule has 3 aromatic rings. The summed E-state index contributed by atoms with van der Waals surface area (Å²) < 4.78 is 32.2. The molecule has 0 spiro atoms. The zero-order valence-electron chi connectivity index (χ0n) is 23.3. The summed E-state index contributed by atoms with van der Waals surface area (Å²) in [5.74, 6) is -0.344. The molecule has 1 saturated carbocycles. The molecule has 1 aliphatic carbocycles. The molecule has 1 fully saturated rings. The van der Waals surface area contributed by atoms with Crippen molar-refractivity contribution in [1.82, 2.24) is 10.2 Å². The van der Waals surface area contributed by atoms with Gasteiger partial charge in [-0.05, 0) is 42.2 Å². The van der Waals surface area contributed by atoms with Gasteiger partial charge in [-0.1, -0.05) is 79.0 Å². The molecule has 1 aliphatic rings. The lowest BCUT2D eigenvalue weighted by Gasteiger charge is -2.34. The fraction of sp³-hybridized carbons (Fsp3) is 0.355. The van der Waals surface area contributed by atoms with E-state index >= 15 is 0 Å². The largest absolute Gasteiger partial charge is 0.497 e. The van der Waals surface area contributed by atoms with Gasteiger partial charge in [0.1, 0.15) is 18.3 Å². The number of carbonyl (C=O) groups excluding carboxylic acids is 2. The number of ether oxygens (including phenoxy) is 1. The lowest BCUT2D eigenvalue weighted by atomic mass is 10.0. The lowest BCUT2D eigenvalue weighted by Crippen LogP contribution is -2.54. The van der Waals surface area contributed by atoms with Crippen LogP contribution in [0.25, 0.3) is 0 Å². The first kappa shape index (κ1) is 30.4. The Bertz CT molecular complexity index is 1440. The van der Waals surface area contributed by atoms with Crippen molar-refractivity contribution in [3.05, 3.63) is 95.0 Å². The number of benzene rings is 3. The number of methoxy groups -OCH3 is 1. The molecule has 3 aromatic carbocycles. The van der Waals surface area contributed by atoms with Crippen molar-refractivity contribution in [1.29, 1.82) is 0 Å². The monoisotopic (exact) mass is 597 g/mol. The van der Waals surface area contributed by atoms with Crippen LogP contribution in [0.1, 0.15) is 36.8 Å². The number of rotatable bonds is 12. The topological polar surface area (TPSA) is 96.0 Å². The van der Waals surface area contributed by atoms with E-state index in [1.54, 1.807) is 42.5 Å². The van der Waals surface area contributed by atoms with Crippen molar-refractivity contribution in [2.45, 2.75) is 50.7 Å². The van der Waals surface area contributed by atoms with Crippen molar-refractivity contribution in [3.8, 4) is 5.75 Å². The number of hydrogen-bond donors (Lipinski definition) is 1. The SMILES string of the molecule is COc1cccc(N(CC(=O)N(Cc2ccccc2Cl)[C@H](Cc2ccccc2)C(=O)NC2CCCC2)S(C)(=O)=O)c1. The molecule has 1 N–H and O–H groups in total. The summed E-state index contributed by atoms with van der Waals surface area (Å²) in [5.41, 5.74) is 1.82. The molecule has 10 heteroatoms. The van der Waals surface area contributed by atoms with Crippen molar-refractivity contribution in [2.75, 3.05) is 24.2 Å². The van der Waals surface area contributed by atoms with Crippen molar-refractivity contribution >= 4 is 39.1 Å². The third-order valence-corrected chi connectivity index (χ3v) is 8.80. The summed E-state index contributed by atoms with van der Waals surface area (Å²) >= 11 is 6.50. The molecule has 0 aromatic heterocycles. The van der Waals surface area contributed by atoms with Crippen LogP contribution in [0.5, 0.6) is 5.75 Å². The number of carbonyl (C=O) groups is 2. The molecule has 0 unspecified atom stereocenters. The van der Waals surface area contributed by atoms with Gasteiger partial charge < -0.3 is 15.0 Å². The Morgan fingerprint density at radius 3 is 2.34 bits per heavy atom. The van der Waals surface area contributed by atoms with Gasteiger partial charge in [0.25, 0.3) is 0 Å². The maximum atomic E-state index is 14.2. The molecule has 2 amide bonds. The molecule has 0 bridgehead atoms. The smallest absolute Gasteiger partial charge is 0.244 e. The highest BCUT2D eigenvalue weighted by Crippen LogP contribution is 2.26. The Morgan fingerprint density at radius 2 is 1.68 bits per heavy atom. The first-order valence-corrected chi connectivity index (χ1v) is 15.9. The van der Waals surface area contributed by atoms with E-state index in [1.165, 1.54) is 12.0 Å². The van der Waals surface area contributed by atoms with Gasteiger partial charge in [0, 0.05) is 30.1 Å². The molecule has 0 saturated heterocycles. The highest BCUT2D eigenvalue weighted by molar-refractivity contribution is 7.92. The summed E-state index contributed by atoms with van der Waals surface area (Å²) in [4.78, 5) is 29.5. The predicted octanol–water partition coefficient (Wildman–Crippen LogP) is 4.81. The molecule has 0 heterocycles. The highest BCUT2D eigenvalue weighted by atomic mass is 35.5. The molecule has 41 heavy (non-hydrogen) atoms. The third kappa shape index (κ3) is 8.24. The standard InChI is InChI=1S/C31H36ClN3O5S/c1-40-27-17-10-16-26(20-27)35(41(2,38)39)22-30(36)34(21-24-13-6-9-18-28(24)32)29(19-23-11-4-3-5-12-23)31(37)33-25-14-7-8-15-25/h3-6,9-13,16-18,20,25,29H,7-8,14-15,19,21-22H2,1-2H3,(H,33,37)/t29-/m1/s1. The minimum Gasteiger partial charge on any atom is -0.497 e. The number of sulfonamides is 1. The average molecular weight is 598 g/mol. The number of amides is 2. The van der Waals surface area contributed by atoms with Crippen LogP contribution in [-0.4, -0.2) is 57.1 Å². The Hall–Kier alpha value is -3.56. The molecule has 8 nitrogen and oxygen atoms in total. The molecule has 1 atom stereocenters. The van der Waals surface area contributed by atoms with Gasteiger partial charge in [-0.3, -0.25) is 13.9 Å². The Kier molecular flexibility index (Phi) is 10.3. The Morgan fingerprint density at radius 1 is 1.00 bits per heavy atom. The normalized spacial score (nSPS) is 14.3. The van der Waals surface area contributed by atoms with Gasteiger partial charge in [0.15, 0.2) is 0 Å². The predicted molar refractivity (Wildman–Crippen MR) is 162 cm³/mol. The van der Waals surface area contributed by atoms with E-state index in [0.29, 0.717) is 16.3 Å².